The maximum atomic E-state index is 11.6. The number of carboxylic acid groups (broad SMARTS) is 2. The molecule has 0 saturated heterocycles. The van der Waals surface area contributed by atoms with Crippen LogP contribution in [0, 0.1) is 48.4 Å². The van der Waals surface area contributed by atoms with E-state index >= 15 is 0 Å². The van der Waals surface area contributed by atoms with Gasteiger partial charge in [0.1, 0.15) is 22.6 Å². The van der Waals surface area contributed by atoms with Gasteiger partial charge in [-0.25, -0.2) is 9.59 Å². The second-order valence-corrected chi connectivity index (χ2v) is 5.96. The summed E-state index contributed by atoms with van der Waals surface area (Å²) in [6.45, 7) is 0.436. The molecule has 6 heteroatoms. The fraction of sp³-hybridized carbons (Fsp3) is 0.333. The molecule has 0 bridgehead atoms. The predicted molar refractivity (Wildman–Crippen MR) is 112 cm³/mol. The standard InChI is InChI=1S/C24H22O6/c1-3-5-7-9-11-13-15-29-21-17-20(24(27)28)22(18-19(21)23(25)26)30-16-14-12-10-8-6-4-2/h1-2,17-18H,9-16H2,(H,25,26)(H,27,28). The fourth-order valence-corrected chi connectivity index (χ4v) is 2.36. The van der Waals surface area contributed by atoms with Gasteiger partial charge in [-0.3, -0.25) is 0 Å². The molecule has 0 atom stereocenters. The Kier molecular flexibility index (Phi) is 11.3. The topological polar surface area (TPSA) is 93.1 Å². The maximum Gasteiger partial charge on any atom is 0.339 e. The summed E-state index contributed by atoms with van der Waals surface area (Å²) in [6, 6.07) is 2.36. The molecule has 0 spiro atoms. The Bertz CT molecular complexity index is 874. The minimum absolute atomic E-state index is 0.0217. The summed E-state index contributed by atoms with van der Waals surface area (Å²) in [5.74, 6) is 12.5. The summed E-state index contributed by atoms with van der Waals surface area (Å²) in [6.07, 6.45) is 13.9. The van der Waals surface area contributed by atoms with Crippen LogP contribution in [0.2, 0.25) is 0 Å². The molecule has 2 N–H and O–H groups in total. The molecule has 0 aliphatic heterocycles. The number of ether oxygens (including phenoxy) is 2. The van der Waals surface area contributed by atoms with Crippen molar-refractivity contribution in [3.8, 4) is 59.9 Å². The molecule has 0 fully saturated rings. The summed E-state index contributed by atoms with van der Waals surface area (Å²) in [5, 5.41) is 18.9. The first-order valence-electron chi connectivity index (χ1n) is 9.28. The largest absolute Gasteiger partial charge is 0.493 e. The van der Waals surface area contributed by atoms with Gasteiger partial charge in [0, 0.05) is 12.8 Å². The predicted octanol–water partition coefficient (Wildman–Crippen LogP) is 3.45. The highest BCUT2D eigenvalue weighted by Crippen LogP contribution is 2.30. The maximum absolute atomic E-state index is 11.6. The molecule has 1 aromatic carbocycles. The van der Waals surface area contributed by atoms with Crippen LogP contribution >= 0.6 is 0 Å². The molecular formula is C24H22O6. The Labute approximate surface area is 176 Å². The van der Waals surface area contributed by atoms with E-state index in [1.54, 1.807) is 0 Å². The van der Waals surface area contributed by atoms with Gasteiger partial charge in [-0.2, -0.15) is 0 Å². The molecule has 6 nitrogen and oxygen atoms in total. The highest BCUT2D eigenvalue weighted by atomic mass is 16.5. The zero-order valence-corrected chi connectivity index (χ0v) is 16.5. The number of hydrogen-bond acceptors (Lipinski definition) is 4. The minimum atomic E-state index is -1.24. The number of aromatic carboxylic acids is 2. The van der Waals surface area contributed by atoms with Gasteiger partial charge in [0.05, 0.1) is 13.2 Å². The molecule has 0 saturated carbocycles. The molecule has 1 aromatic rings. The van der Waals surface area contributed by atoms with E-state index in [0.717, 1.165) is 12.8 Å². The van der Waals surface area contributed by atoms with Crippen molar-refractivity contribution in [2.75, 3.05) is 13.2 Å². The molecule has 1 rings (SSSR count). The Morgan fingerprint density at radius 2 is 1.17 bits per heavy atom. The number of benzene rings is 1. The zero-order valence-electron chi connectivity index (χ0n) is 16.5. The SMILES string of the molecule is C#CC#CCCCCOc1cc(C(=O)O)c(OCCCCC#CC#C)cc1C(=O)O. The molecule has 0 unspecified atom stereocenters. The van der Waals surface area contributed by atoms with Gasteiger partial charge in [-0.1, -0.05) is 11.8 Å². The monoisotopic (exact) mass is 406 g/mol. The van der Waals surface area contributed by atoms with Crippen LogP contribution in [0.5, 0.6) is 11.5 Å². The molecular weight excluding hydrogens is 384 g/mol. The lowest BCUT2D eigenvalue weighted by Gasteiger charge is -2.14. The van der Waals surface area contributed by atoms with Gasteiger partial charge >= 0.3 is 11.9 Å². The summed E-state index contributed by atoms with van der Waals surface area (Å²) in [5.41, 5.74) is -0.330. The van der Waals surface area contributed by atoms with Crippen LogP contribution in [-0.2, 0) is 0 Å². The molecule has 30 heavy (non-hydrogen) atoms. The van der Waals surface area contributed by atoms with E-state index in [9.17, 15) is 19.8 Å². The number of carbonyl (C=O) groups is 2. The van der Waals surface area contributed by atoms with Crippen LogP contribution in [0.3, 0.4) is 0 Å². The van der Waals surface area contributed by atoms with E-state index in [-0.39, 0.29) is 35.8 Å². The van der Waals surface area contributed by atoms with E-state index in [1.807, 2.05) is 0 Å². The number of terminal acetylenes is 2. The van der Waals surface area contributed by atoms with Gasteiger partial charge in [-0.15, -0.1) is 12.8 Å². The lowest BCUT2D eigenvalue weighted by molar-refractivity contribution is 0.0672. The zero-order chi connectivity index (χ0) is 22.2. The van der Waals surface area contributed by atoms with E-state index in [4.69, 9.17) is 22.3 Å². The highest BCUT2D eigenvalue weighted by Gasteiger charge is 2.20. The quantitative estimate of drug-likeness (QED) is 0.408. The van der Waals surface area contributed by atoms with Crippen LogP contribution < -0.4 is 9.47 Å². The van der Waals surface area contributed by atoms with E-state index < -0.39 is 11.9 Å². The van der Waals surface area contributed by atoms with Crippen LogP contribution in [-0.4, -0.2) is 35.4 Å². The lowest BCUT2D eigenvalue weighted by Crippen LogP contribution is -2.10. The van der Waals surface area contributed by atoms with Crippen LogP contribution in [0.1, 0.15) is 59.2 Å². The number of hydrogen-bond donors (Lipinski definition) is 2. The van der Waals surface area contributed by atoms with E-state index in [1.165, 1.54) is 12.1 Å². The second kappa shape index (κ2) is 14.1. The third kappa shape index (κ3) is 8.79. The van der Waals surface area contributed by atoms with Crippen LogP contribution in [0.4, 0.5) is 0 Å². The summed E-state index contributed by atoms with van der Waals surface area (Å²) >= 11 is 0. The summed E-state index contributed by atoms with van der Waals surface area (Å²) in [4.78, 5) is 23.2. The number of rotatable bonds is 12. The fourth-order valence-electron chi connectivity index (χ4n) is 2.36. The first-order chi connectivity index (χ1) is 14.5. The van der Waals surface area contributed by atoms with Crippen LogP contribution in [0.15, 0.2) is 12.1 Å². The molecule has 0 aliphatic rings. The van der Waals surface area contributed by atoms with Crippen LogP contribution in [0.25, 0.3) is 0 Å². The third-order valence-corrected chi connectivity index (χ3v) is 3.77. The van der Waals surface area contributed by atoms with E-state index in [2.05, 4.69) is 35.5 Å². The average molecular weight is 406 g/mol. The number of carboxylic acids is 2. The molecule has 0 aliphatic carbocycles. The second-order valence-electron chi connectivity index (χ2n) is 5.96. The van der Waals surface area contributed by atoms with Crippen molar-refractivity contribution in [2.24, 2.45) is 0 Å². The summed E-state index contributed by atoms with van der Waals surface area (Å²) < 4.78 is 11.0. The smallest absolute Gasteiger partial charge is 0.339 e. The van der Waals surface area contributed by atoms with Gasteiger partial charge in [0.2, 0.25) is 0 Å². The van der Waals surface area contributed by atoms with E-state index in [0.29, 0.717) is 25.7 Å². The molecule has 0 amide bonds. The first kappa shape index (κ1) is 24.0. The minimum Gasteiger partial charge on any atom is -0.493 e. The molecule has 0 radical (unpaired) electrons. The Balaban J connectivity index is 2.80. The van der Waals surface area contributed by atoms with Crippen molar-refractivity contribution in [3.63, 3.8) is 0 Å². The van der Waals surface area contributed by atoms with Crippen molar-refractivity contribution >= 4 is 11.9 Å². The van der Waals surface area contributed by atoms with Crippen molar-refractivity contribution in [2.45, 2.75) is 38.5 Å². The van der Waals surface area contributed by atoms with Crippen molar-refractivity contribution < 1.29 is 29.3 Å². The summed E-state index contributed by atoms with van der Waals surface area (Å²) in [7, 11) is 0. The third-order valence-electron chi connectivity index (χ3n) is 3.77. The van der Waals surface area contributed by atoms with Gasteiger partial charge in [0.15, 0.2) is 0 Å². The highest BCUT2D eigenvalue weighted by molar-refractivity contribution is 5.97. The van der Waals surface area contributed by atoms with Crippen molar-refractivity contribution in [1.82, 2.24) is 0 Å². The van der Waals surface area contributed by atoms with Gasteiger partial charge in [-0.05, 0) is 61.5 Å². The van der Waals surface area contributed by atoms with Gasteiger partial charge in [0.25, 0.3) is 0 Å². The van der Waals surface area contributed by atoms with Crippen molar-refractivity contribution in [3.05, 3.63) is 23.3 Å². The molecule has 0 aromatic heterocycles. The van der Waals surface area contributed by atoms with Crippen molar-refractivity contribution in [1.29, 1.82) is 0 Å². The molecule has 0 heterocycles. The van der Waals surface area contributed by atoms with Gasteiger partial charge < -0.3 is 19.7 Å². The Morgan fingerprint density at radius 1 is 0.767 bits per heavy atom. The average Bonchev–Trinajstić information content (AvgIpc) is 2.72. The lowest BCUT2D eigenvalue weighted by atomic mass is 10.1. The Hall–Kier alpha value is -4.00. The first-order valence-corrected chi connectivity index (χ1v) is 9.28. The Morgan fingerprint density at radius 3 is 1.50 bits per heavy atom. The molecule has 154 valence electrons. The number of unbranched alkanes of at least 4 members (excludes halogenated alkanes) is 4. The normalized spacial score (nSPS) is 9.00.